The highest BCUT2D eigenvalue weighted by molar-refractivity contribution is 6.05. The van der Waals surface area contributed by atoms with Crippen molar-refractivity contribution in [1.29, 1.82) is 0 Å². The lowest BCUT2D eigenvalue weighted by molar-refractivity contribution is 0.0679. The monoisotopic (exact) mass is 444 g/mol. The highest BCUT2D eigenvalue weighted by Crippen LogP contribution is 2.19. The minimum Gasteiger partial charge on any atom is -0.491 e. The second kappa shape index (κ2) is 10.8. The number of anilines is 1. The largest absolute Gasteiger partial charge is 0.491 e. The van der Waals surface area contributed by atoms with E-state index in [1.807, 2.05) is 37.3 Å². The van der Waals surface area contributed by atoms with Crippen LogP contribution in [0, 0.1) is 0 Å². The second-order valence-electron chi connectivity index (χ2n) is 8.11. The van der Waals surface area contributed by atoms with E-state index >= 15 is 0 Å². The van der Waals surface area contributed by atoms with Gasteiger partial charge < -0.3 is 20.1 Å². The number of carbonyl (C=O) groups is 2. The summed E-state index contributed by atoms with van der Waals surface area (Å²) in [7, 11) is 0. The van der Waals surface area contributed by atoms with Crippen molar-refractivity contribution in [2.75, 3.05) is 18.5 Å². The van der Waals surface area contributed by atoms with Gasteiger partial charge in [-0.3, -0.25) is 9.59 Å². The van der Waals surface area contributed by atoms with E-state index < -0.39 is 0 Å². The first-order chi connectivity index (χ1) is 16.1. The van der Waals surface area contributed by atoms with Crippen molar-refractivity contribution in [2.24, 2.45) is 0 Å². The third-order valence-corrected chi connectivity index (χ3v) is 5.61. The Labute approximate surface area is 193 Å². The molecule has 0 aliphatic carbocycles. The molecule has 6 heteroatoms. The summed E-state index contributed by atoms with van der Waals surface area (Å²) in [6, 6.07) is 23.5. The van der Waals surface area contributed by atoms with Gasteiger partial charge in [-0.05, 0) is 67.8 Å². The molecule has 2 amide bonds. The van der Waals surface area contributed by atoms with Crippen molar-refractivity contribution < 1.29 is 19.1 Å². The molecule has 0 bridgehead atoms. The van der Waals surface area contributed by atoms with Crippen molar-refractivity contribution >= 4 is 17.5 Å². The van der Waals surface area contributed by atoms with Gasteiger partial charge in [0.15, 0.2) is 0 Å². The van der Waals surface area contributed by atoms with Gasteiger partial charge in [0.2, 0.25) is 0 Å². The number of amides is 2. The quantitative estimate of drug-likeness (QED) is 0.513. The van der Waals surface area contributed by atoms with E-state index in [1.54, 1.807) is 48.5 Å². The highest BCUT2D eigenvalue weighted by Gasteiger charge is 2.16. The topological polar surface area (TPSA) is 76.7 Å². The van der Waals surface area contributed by atoms with Gasteiger partial charge in [-0.2, -0.15) is 0 Å². The molecule has 1 heterocycles. The van der Waals surface area contributed by atoms with E-state index in [-0.39, 0.29) is 24.0 Å². The van der Waals surface area contributed by atoms with Gasteiger partial charge in [0.25, 0.3) is 11.8 Å². The summed E-state index contributed by atoms with van der Waals surface area (Å²) >= 11 is 0. The summed E-state index contributed by atoms with van der Waals surface area (Å²) in [4.78, 5) is 25.3. The van der Waals surface area contributed by atoms with Gasteiger partial charge in [-0.15, -0.1) is 0 Å². The Hall–Kier alpha value is -3.64. The van der Waals surface area contributed by atoms with Gasteiger partial charge in [0, 0.05) is 23.4 Å². The van der Waals surface area contributed by atoms with Crippen molar-refractivity contribution in [3.63, 3.8) is 0 Å². The van der Waals surface area contributed by atoms with Crippen LogP contribution in [0.5, 0.6) is 5.75 Å². The third kappa shape index (κ3) is 6.20. The molecule has 6 nitrogen and oxygen atoms in total. The molecule has 170 valence electrons. The maximum absolute atomic E-state index is 12.7. The Balaban J connectivity index is 1.33. The maximum atomic E-state index is 12.7. The maximum Gasteiger partial charge on any atom is 0.255 e. The van der Waals surface area contributed by atoms with Crippen LogP contribution in [0.2, 0.25) is 0 Å². The van der Waals surface area contributed by atoms with Crippen molar-refractivity contribution in [1.82, 2.24) is 5.32 Å². The van der Waals surface area contributed by atoms with Crippen molar-refractivity contribution in [2.45, 2.75) is 31.9 Å². The van der Waals surface area contributed by atoms with Crippen LogP contribution in [0.1, 0.15) is 52.1 Å². The third-order valence-electron chi connectivity index (χ3n) is 5.61. The van der Waals surface area contributed by atoms with E-state index in [0.717, 1.165) is 25.0 Å². The van der Waals surface area contributed by atoms with Crippen molar-refractivity contribution in [3.8, 4) is 5.75 Å². The van der Waals surface area contributed by atoms with Crippen molar-refractivity contribution in [3.05, 3.63) is 95.6 Å². The van der Waals surface area contributed by atoms with Gasteiger partial charge in [0.1, 0.15) is 12.4 Å². The van der Waals surface area contributed by atoms with Crippen LogP contribution in [0.4, 0.5) is 5.69 Å². The Morgan fingerprint density at radius 2 is 1.76 bits per heavy atom. The van der Waals surface area contributed by atoms with Crippen LogP contribution in [-0.2, 0) is 4.74 Å². The Morgan fingerprint density at radius 3 is 2.48 bits per heavy atom. The van der Waals surface area contributed by atoms with Gasteiger partial charge in [-0.25, -0.2) is 0 Å². The lowest BCUT2D eigenvalue weighted by Crippen LogP contribution is -2.26. The summed E-state index contributed by atoms with van der Waals surface area (Å²) in [5.74, 6) is 0.249. The number of rotatable bonds is 8. The molecule has 3 aromatic carbocycles. The first-order valence-corrected chi connectivity index (χ1v) is 11.2. The normalized spacial score (nSPS) is 16.1. The fraction of sp³-hybridized carbons (Fsp3) is 0.259. The average Bonchev–Trinajstić information content (AvgIpc) is 3.37. The summed E-state index contributed by atoms with van der Waals surface area (Å²) in [5.41, 5.74) is 2.57. The minimum atomic E-state index is -0.254. The molecule has 0 aromatic heterocycles. The fourth-order valence-electron chi connectivity index (χ4n) is 3.71. The second-order valence-corrected chi connectivity index (χ2v) is 8.11. The first-order valence-electron chi connectivity index (χ1n) is 11.2. The predicted molar refractivity (Wildman–Crippen MR) is 128 cm³/mol. The Kier molecular flexibility index (Phi) is 7.37. The zero-order valence-corrected chi connectivity index (χ0v) is 18.6. The standard InChI is InChI=1S/C27H28N2O4/c1-19(20-7-3-2-4-8-20)28-27(31)22-9-5-10-23(17-22)29-26(30)21-12-14-24(15-13-21)33-18-25-11-6-16-32-25/h2-5,7-10,12-15,17,19,25H,6,11,16,18H2,1H3,(H,28,31)(H,29,30). The summed E-state index contributed by atoms with van der Waals surface area (Å²) in [6.45, 7) is 3.25. The zero-order chi connectivity index (χ0) is 23.0. The fourth-order valence-corrected chi connectivity index (χ4v) is 3.71. The Bertz CT molecular complexity index is 1080. The van der Waals surface area contributed by atoms with E-state index in [4.69, 9.17) is 9.47 Å². The van der Waals surface area contributed by atoms with Crippen LogP contribution in [0.15, 0.2) is 78.9 Å². The molecule has 1 aliphatic rings. The molecule has 33 heavy (non-hydrogen) atoms. The number of carbonyl (C=O) groups excluding carboxylic acids is 2. The van der Waals surface area contributed by atoms with Crippen LogP contribution in [0.25, 0.3) is 0 Å². The van der Waals surface area contributed by atoms with Crippen LogP contribution < -0.4 is 15.4 Å². The molecule has 2 unspecified atom stereocenters. The first kappa shape index (κ1) is 22.6. The zero-order valence-electron chi connectivity index (χ0n) is 18.6. The summed E-state index contributed by atoms with van der Waals surface area (Å²) in [6.07, 6.45) is 2.23. The van der Waals surface area contributed by atoms with Gasteiger partial charge >= 0.3 is 0 Å². The molecular weight excluding hydrogens is 416 g/mol. The molecule has 0 spiro atoms. The van der Waals surface area contributed by atoms with Crippen LogP contribution in [0.3, 0.4) is 0 Å². The number of nitrogens with one attached hydrogen (secondary N) is 2. The molecule has 1 fully saturated rings. The highest BCUT2D eigenvalue weighted by atomic mass is 16.5. The molecule has 0 saturated carbocycles. The molecular formula is C27H28N2O4. The molecule has 1 saturated heterocycles. The van der Waals surface area contributed by atoms with Crippen LogP contribution in [-0.4, -0.2) is 31.1 Å². The SMILES string of the molecule is CC(NC(=O)c1cccc(NC(=O)c2ccc(OCC3CCCO3)cc2)c1)c1ccccc1. The molecule has 1 aliphatic heterocycles. The smallest absolute Gasteiger partial charge is 0.255 e. The van der Waals surface area contributed by atoms with Gasteiger partial charge in [-0.1, -0.05) is 36.4 Å². The average molecular weight is 445 g/mol. The van der Waals surface area contributed by atoms with E-state index in [9.17, 15) is 9.59 Å². The van der Waals surface area contributed by atoms with E-state index in [1.165, 1.54) is 0 Å². The number of ether oxygens (including phenoxy) is 2. The van der Waals surface area contributed by atoms with Crippen LogP contribution >= 0.6 is 0 Å². The lowest BCUT2D eigenvalue weighted by Gasteiger charge is -2.15. The summed E-state index contributed by atoms with van der Waals surface area (Å²) in [5, 5.41) is 5.84. The molecule has 2 atom stereocenters. The van der Waals surface area contributed by atoms with E-state index in [0.29, 0.717) is 29.2 Å². The molecule has 4 rings (SSSR count). The number of hydrogen-bond acceptors (Lipinski definition) is 4. The van der Waals surface area contributed by atoms with Gasteiger partial charge in [0.05, 0.1) is 12.1 Å². The van der Waals surface area contributed by atoms with E-state index in [2.05, 4.69) is 10.6 Å². The predicted octanol–water partition coefficient (Wildman–Crippen LogP) is 4.99. The lowest BCUT2D eigenvalue weighted by atomic mass is 10.1. The minimum absolute atomic E-state index is 0.127. The molecule has 2 N–H and O–H groups in total. The summed E-state index contributed by atoms with van der Waals surface area (Å²) < 4.78 is 11.3. The number of hydrogen-bond donors (Lipinski definition) is 2. The molecule has 3 aromatic rings. The number of benzene rings is 3. The Morgan fingerprint density at radius 1 is 0.970 bits per heavy atom. The molecule has 0 radical (unpaired) electrons.